The Labute approximate surface area is 103 Å². The van der Waals surface area contributed by atoms with E-state index < -0.39 is 0 Å². The quantitative estimate of drug-likeness (QED) is 0.540. The first kappa shape index (κ1) is 15.3. The van der Waals surface area contributed by atoms with E-state index in [9.17, 15) is 4.79 Å². The van der Waals surface area contributed by atoms with Gasteiger partial charge in [-0.2, -0.15) is 0 Å². The molecule has 0 amide bonds. The van der Waals surface area contributed by atoms with Crippen LogP contribution < -0.4 is 5.73 Å². The first-order valence-electron chi connectivity index (χ1n) is 5.60. The van der Waals surface area contributed by atoms with Crippen molar-refractivity contribution in [2.45, 2.75) is 33.2 Å². The Morgan fingerprint density at radius 3 is 2.44 bits per heavy atom. The maximum Gasteiger partial charge on any atom is 0.323 e. The molecule has 0 rings (SSSR count). The largest absolute Gasteiger partial charge is 0.465 e. The Hall–Kier alpha value is -0.680. The van der Waals surface area contributed by atoms with Gasteiger partial charge in [-0.1, -0.05) is 26.1 Å². The molecule has 94 valence electrons. The number of rotatable bonds is 7. The highest BCUT2D eigenvalue weighted by Gasteiger charge is 2.24. The first-order chi connectivity index (χ1) is 7.43. The monoisotopic (exact) mass is 246 g/mol. The zero-order valence-electron chi connectivity index (χ0n) is 10.5. The molecule has 0 saturated heterocycles. The molecule has 0 heterocycles. The molecule has 0 saturated carbocycles. The minimum atomic E-state index is -0.211. The van der Waals surface area contributed by atoms with E-state index in [4.69, 9.17) is 22.7 Å². The lowest BCUT2D eigenvalue weighted by atomic mass is 10.1. The molecule has 0 fully saturated rings. The van der Waals surface area contributed by atoms with Crippen molar-refractivity contribution in [3.63, 3.8) is 0 Å². The average molecular weight is 246 g/mol. The molecule has 0 aromatic carbocycles. The Morgan fingerprint density at radius 1 is 1.50 bits per heavy atom. The predicted molar refractivity (Wildman–Crippen MR) is 69.3 cm³/mol. The van der Waals surface area contributed by atoms with Gasteiger partial charge in [-0.25, -0.2) is 0 Å². The second-order valence-electron chi connectivity index (χ2n) is 3.92. The molecule has 0 bridgehead atoms. The SMILES string of the molecule is CCOC(=O)C(CC)N(C)CC(C)C(N)=S. The molecule has 5 heteroatoms. The fourth-order valence-corrected chi connectivity index (χ4v) is 1.62. The number of hydrogen-bond acceptors (Lipinski definition) is 4. The molecule has 0 aliphatic rings. The number of thiocarbonyl (C=S) groups is 1. The highest BCUT2D eigenvalue weighted by molar-refractivity contribution is 7.80. The van der Waals surface area contributed by atoms with Crippen molar-refractivity contribution < 1.29 is 9.53 Å². The minimum absolute atomic E-state index is 0.100. The molecular weight excluding hydrogens is 224 g/mol. The van der Waals surface area contributed by atoms with Gasteiger partial charge in [0.15, 0.2) is 0 Å². The standard InChI is InChI=1S/C11H22N2O2S/c1-5-9(11(14)15-6-2)13(4)7-8(3)10(12)16/h8-9H,5-7H2,1-4H3,(H2,12,16). The molecule has 2 atom stereocenters. The molecular formula is C11H22N2O2S. The molecule has 0 aliphatic heterocycles. The third kappa shape index (κ3) is 4.90. The van der Waals surface area contributed by atoms with Crippen LogP contribution in [0.4, 0.5) is 0 Å². The van der Waals surface area contributed by atoms with E-state index in [1.165, 1.54) is 0 Å². The van der Waals surface area contributed by atoms with Crippen LogP contribution in [0.5, 0.6) is 0 Å². The summed E-state index contributed by atoms with van der Waals surface area (Å²) in [4.78, 5) is 14.1. The van der Waals surface area contributed by atoms with Crippen molar-refractivity contribution in [3.8, 4) is 0 Å². The summed E-state index contributed by atoms with van der Waals surface area (Å²) < 4.78 is 5.01. The van der Waals surface area contributed by atoms with Gasteiger partial charge in [0.05, 0.1) is 11.6 Å². The van der Waals surface area contributed by atoms with E-state index >= 15 is 0 Å². The van der Waals surface area contributed by atoms with Crippen LogP contribution in [0.3, 0.4) is 0 Å². The molecule has 0 aromatic heterocycles. The number of nitrogens with zero attached hydrogens (tertiary/aromatic N) is 1. The Balaban J connectivity index is 4.35. The van der Waals surface area contributed by atoms with Crippen LogP contribution in [-0.4, -0.2) is 42.1 Å². The molecule has 0 aromatic rings. The van der Waals surface area contributed by atoms with Crippen LogP contribution in [0.2, 0.25) is 0 Å². The van der Waals surface area contributed by atoms with Gasteiger partial charge in [0.2, 0.25) is 0 Å². The lowest BCUT2D eigenvalue weighted by molar-refractivity contribution is -0.149. The zero-order valence-corrected chi connectivity index (χ0v) is 11.3. The highest BCUT2D eigenvalue weighted by Crippen LogP contribution is 2.08. The van der Waals surface area contributed by atoms with Crippen molar-refractivity contribution in [2.75, 3.05) is 20.2 Å². The molecule has 16 heavy (non-hydrogen) atoms. The fraction of sp³-hybridized carbons (Fsp3) is 0.818. The van der Waals surface area contributed by atoms with Gasteiger partial charge in [-0.05, 0) is 20.4 Å². The highest BCUT2D eigenvalue weighted by atomic mass is 32.1. The number of likely N-dealkylation sites (N-methyl/N-ethyl adjacent to an activating group) is 1. The fourth-order valence-electron chi connectivity index (χ4n) is 1.55. The molecule has 0 spiro atoms. The summed E-state index contributed by atoms with van der Waals surface area (Å²) in [6.07, 6.45) is 0.722. The number of hydrogen-bond donors (Lipinski definition) is 1. The summed E-state index contributed by atoms with van der Waals surface area (Å²) in [6.45, 7) is 6.81. The smallest absolute Gasteiger partial charge is 0.323 e. The summed E-state index contributed by atoms with van der Waals surface area (Å²) in [5.74, 6) is -0.0777. The number of esters is 1. The van der Waals surface area contributed by atoms with E-state index in [-0.39, 0.29) is 17.9 Å². The summed E-state index contributed by atoms with van der Waals surface area (Å²) in [7, 11) is 1.89. The Kier molecular flexibility index (Phi) is 7.25. The van der Waals surface area contributed by atoms with Crippen LogP contribution in [0.15, 0.2) is 0 Å². The van der Waals surface area contributed by atoms with Gasteiger partial charge in [0.25, 0.3) is 0 Å². The summed E-state index contributed by atoms with van der Waals surface area (Å²) in [5, 5.41) is 0. The maximum absolute atomic E-state index is 11.6. The van der Waals surface area contributed by atoms with Crippen LogP contribution in [-0.2, 0) is 9.53 Å². The second kappa shape index (κ2) is 7.57. The number of carbonyl (C=O) groups excluding carboxylic acids is 1. The van der Waals surface area contributed by atoms with Crippen molar-refractivity contribution in [3.05, 3.63) is 0 Å². The minimum Gasteiger partial charge on any atom is -0.465 e. The van der Waals surface area contributed by atoms with E-state index in [0.717, 1.165) is 6.42 Å². The summed E-state index contributed by atoms with van der Waals surface area (Å²) >= 11 is 4.91. The van der Waals surface area contributed by atoms with Gasteiger partial charge in [0.1, 0.15) is 6.04 Å². The molecule has 2 N–H and O–H groups in total. The lowest BCUT2D eigenvalue weighted by Gasteiger charge is -2.27. The van der Waals surface area contributed by atoms with Gasteiger partial charge in [-0.15, -0.1) is 0 Å². The summed E-state index contributed by atoms with van der Waals surface area (Å²) in [6, 6.07) is -0.211. The third-order valence-corrected chi connectivity index (χ3v) is 2.93. The van der Waals surface area contributed by atoms with Gasteiger partial charge >= 0.3 is 5.97 Å². The van der Waals surface area contributed by atoms with E-state index in [1.807, 2.05) is 32.7 Å². The number of carbonyl (C=O) groups is 1. The van der Waals surface area contributed by atoms with Gasteiger partial charge in [-0.3, -0.25) is 9.69 Å². The Bertz CT molecular complexity index is 246. The van der Waals surface area contributed by atoms with E-state index in [2.05, 4.69) is 0 Å². The Morgan fingerprint density at radius 2 is 2.06 bits per heavy atom. The topological polar surface area (TPSA) is 55.6 Å². The molecule has 0 aliphatic carbocycles. The summed E-state index contributed by atoms with van der Waals surface area (Å²) in [5.41, 5.74) is 5.55. The number of nitrogens with two attached hydrogens (primary N) is 1. The molecule has 0 radical (unpaired) electrons. The van der Waals surface area contributed by atoms with Crippen LogP contribution in [0.25, 0.3) is 0 Å². The van der Waals surface area contributed by atoms with Gasteiger partial charge < -0.3 is 10.5 Å². The molecule has 2 unspecified atom stereocenters. The van der Waals surface area contributed by atoms with Crippen molar-refractivity contribution >= 4 is 23.2 Å². The van der Waals surface area contributed by atoms with Gasteiger partial charge in [0, 0.05) is 12.5 Å². The van der Waals surface area contributed by atoms with Crippen molar-refractivity contribution in [1.29, 1.82) is 0 Å². The lowest BCUT2D eigenvalue weighted by Crippen LogP contribution is -2.43. The van der Waals surface area contributed by atoms with Crippen LogP contribution >= 0.6 is 12.2 Å². The van der Waals surface area contributed by atoms with Crippen LogP contribution in [0, 0.1) is 5.92 Å². The van der Waals surface area contributed by atoms with Crippen molar-refractivity contribution in [1.82, 2.24) is 4.90 Å². The number of ether oxygens (including phenoxy) is 1. The third-order valence-electron chi connectivity index (χ3n) is 2.52. The van der Waals surface area contributed by atoms with E-state index in [0.29, 0.717) is 18.1 Å². The second-order valence-corrected chi connectivity index (χ2v) is 4.39. The first-order valence-corrected chi connectivity index (χ1v) is 6.01. The van der Waals surface area contributed by atoms with Crippen LogP contribution in [0.1, 0.15) is 27.2 Å². The normalized spacial score (nSPS) is 14.6. The molecule has 4 nitrogen and oxygen atoms in total. The van der Waals surface area contributed by atoms with Crippen molar-refractivity contribution in [2.24, 2.45) is 11.7 Å². The predicted octanol–water partition coefficient (Wildman–Crippen LogP) is 1.18. The van der Waals surface area contributed by atoms with E-state index in [1.54, 1.807) is 0 Å². The zero-order chi connectivity index (χ0) is 12.7. The average Bonchev–Trinajstić information content (AvgIpc) is 2.18. The maximum atomic E-state index is 11.6.